The van der Waals surface area contributed by atoms with Gasteiger partial charge in [0.15, 0.2) is 5.78 Å². The molecule has 0 aliphatic rings. The van der Waals surface area contributed by atoms with Crippen molar-refractivity contribution in [2.24, 2.45) is 0 Å². The average Bonchev–Trinajstić information content (AvgIpc) is 2.34. The summed E-state index contributed by atoms with van der Waals surface area (Å²) in [6, 6.07) is 0. The Morgan fingerprint density at radius 2 is 2.00 bits per heavy atom. The predicted molar refractivity (Wildman–Crippen MR) is 65.4 cm³/mol. The summed E-state index contributed by atoms with van der Waals surface area (Å²) >= 11 is 0. The van der Waals surface area contributed by atoms with Crippen LogP contribution in [0.1, 0.15) is 46.0 Å². The lowest BCUT2D eigenvalue weighted by molar-refractivity contribution is -0.115. The van der Waals surface area contributed by atoms with Crippen molar-refractivity contribution in [1.29, 1.82) is 0 Å². The van der Waals surface area contributed by atoms with Crippen LogP contribution in [0.15, 0.2) is 12.7 Å². The number of unbranched alkanes of at least 4 members (excludes halogenated alkanes) is 1. The van der Waals surface area contributed by atoms with Gasteiger partial charge < -0.3 is 9.84 Å². The minimum absolute atomic E-state index is 0.0611. The van der Waals surface area contributed by atoms with Crippen LogP contribution in [0.2, 0.25) is 0 Å². The Labute approximate surface area is 98.5 Å². The van der Waals surface area contributed by atoms with Crippen molar-refractivity contribution in [3.63, 3.8) is 0 Å². The van der Waals surface area contributed by atoms with Gasteiger partial charge in [-0.1, -0.05) is 20.4 Å². The van der Waals surface area contributed by atoms with E-state index >= 15 is 0 Å². The fraction of sp³-hybridized carbons (Fsp3) is 0.769. The summed E-state index contributed by atoms with van der Waals surface area (Å²) < 4.78 is 5.71. The van der Waals surface area contributed by atoms with Crippen molar-refractivity contribution in [2.45, 2.75) is 51.6 Å². The molecule has 1 N–H and O–H groups in total. The van der Waals surface area contributed by atoms with Gasteiger partial charge in [-0.15, -0.1) is 0 Å². The quantitative estimate of drug-likeness (QED) is 0.461. The van der Waals surface area contributed by atoms with Crippen molar-refractivity contribution in [3.05, 3.63) is 12.7 Å². The predicted octanol–water partition coefficient (Wildman–Crippen LogP) is 2.48. The first-order valence-corrected chi connectivity index (χ1v) is 6.04. The molecule has 16 heavy (non-hydrogen) atoms. The zero-order chi connectivity index (χ0) is 12.4. The fourth-order valence-corrected chi connectivity index (χ4v) is 1.52. The molecule has 94 valence electrons. The van der Waals surface area contributed by atoms with Gasteiger partial charge >= 0.3 is 0 Å². The van der Waals surface area contributed by atoms with E-state index in [1.54, 1.807) is 0 Å². The van der Waals surface area contributed by atoms with Crippen LogP contribution in [0.3, 0.4) is 0 Å². The lowest BCUT2D eigenvalue weighted by atomic mass is 9.98. The van der Waals surface area contributed by atoms with E-state index < -0.39 is 0 Å². The molecule has 0 aromatic carbocycles. The van der Waals surface area contributed by atoms with Crippen LogP contribution in [-0.4, -0.2) is 29.7 Å². The summed E-state index contributed by atoms with van der Waals surface area (Å²) in [4.78, 5) is 10.9. The van der Waals surface area contributed by atoms with Gasteiger partial charge in [0, 0.05) is 13.0 Å². The summed E-state index contributed by atoms with van der Waals surface area (Å²) in [6.07, 6.45) is 5.19. The van der Waals surface area contributed by atoms with Crippen molar-refractivity contribution in [3.8, 4) is 0 Å². The highest BCUT2D eigenvalue weighted by Crippen LogP contribution is 2.20. The largest absolute Gasteiger partial charge is 0.393 e. The zero-order valence-corrected chi connectivity index (χ0v) is 10.5. The SMILES string of the molecule is C=CC(=O)CCCCOC(CC)(CC)CO. The molecule has 0 aliphatic heterocycles. The topological polar surface area (TPSA) is 46.5 Å². The Kier molecular flexibility index (Phi) is 8.12. The van der Waals surface area contributed by atoms with Crippen molar-refractivity contribution < 1.29 is 14.6 Å². The standard InChI is InChI=1S/C13H24O3/c1-4-12(15)9-7-8-10-16-13(5-2,6-3)11-14/h4,14H,1,5-11H2,2-3H3. The van der Waals surface area contributed by atoms with E-state index in [1.165, 1.54) is 6.08 Å². The fourth-order valence-electron chi connectivity index (χ4n) is 1.52. The first-order valence-electron chi connectivity index (χ1n) is 6.04. The molecule has 0 unspecified atom stereocenters. The average molecular weight is 228 g/mol. The molecule has 0 radical (unpaired) electrons. The monoisotopic (exact) mass is 228 g/mol. The zero-order valence-electron chi connectivity index (χ0n) is 10.5. The number of carbonyl (C=O) groups excluding carboxylic acids is 1. The van der Waals surface area contributed by atoms with Gasteiger partial charge in [0.1, 0.15) is 0 Å². The molecule has 0 spiro atoms. The van der Waals surface area contributed by atoms with Gasteiger partial charge in [-0.25, -0.2) is 0 Å². The van der Waals surface area contributed by atoms with Crippen LogP contribution in [0.25, 0.3) is 0 Å². The first-order chi connectivity index (χ1) is 7.64. The second-order valence-corrected chi connectivity index (χ2v) is 4.02. The first kappa shape index (κ1) is 15.3. The molecule has 0 aromatic rings. The minimum atomic E-state index is -0.386. The Bertz CT molecular complexity index is 199. The van der Waals surface area contributed by atoms with E-state index in [2.05, 4.69) is 6.58 Å². The molecule has 0 fully saturated rings. The molecule has 0 saturated carbocycles. The number of ketones is 1. The van der Waals surface area contributed by atoms with E-state index in [1.807, 2.05) is 13.8 Å². The van der Waals surface area contributed by atoms with Crippen LogP contribution in [0.5, 0.6) is 0 Å². The maximum Gasteiger partial charge on any atom is 0.155 e. The molecular weight excluding hydrogens is 204 g/mol. The highest BCUT2D eigenvalue weighted by Gasteiger charge is 2.25. The summed E-state index contributed by atoms with van der Waals surface area (Å²) in [6.45, 7) is 8.12. The highest BCUT2D eigenvalue weighted by atomic mass is 16.5. The number of hydrogen-bond acceptors (Lipinski definition) is 3. The van der Waals surface area contributed by atoms with E-state index in [0.717, 1.165) is 25.7 Å². The number of carbonyl (C=O) groups is 1. The summed E-state index contributed by atoms with van der Waals surface area (Å²) in [5.41, 5.74) is -0.386. The number of rotatable bonds is 10. The molecular formula is C13H24O3. The Morgan fingerprint density at radius 3 is 2.44 bits per heavy atom. The molecule has 0 rings (SSSR count). The molecule has 3 heteroatoms. The third-order valence-electron chi connectivity index (χ3n) is 3.03. The maximum absolute atomic E-state index is 10.9. The molecule has 0 atom stereocenters. The summed E-state index contributed by atoms with van der Waals surface area (Å²) in [7, 11) is 0. The molecule has 0 aliphatic carbocycles. The van der Waals surface area contributed by atoms with Gasteiger partial charge in [0.25, 0.3) is 0 Å². The third kappa shape index (κ3) is 5.42. The van der Waals surface area contributed by atoms with E-state index in [4.69, 9.17) is 4.74 Å². The number of ether oxygens (including phenoxy) is 1. The Balaban J connectivity index is 3.71. The van der Waals surface area contributed by atoms with E-state index in [-0.39, 0.29) is 18.0 Å². The smallest absolute Gasteiger partial charge is 0.155 e. The molecule has 0 heterocycles. The van der Waals surface area contributed by atoms with Crippen LogP contribution in [-0.2, 0) is 9.53 Å². The van der Waals surface area contributed by atoms with Crippen molar-refractivity contribution in [2.75, 3.05) is 13.2 Å². The van der Waals surface area contributed by atoms with Gasteiger partial charge in [-0.05, 0) is 31.8 Å². The molecule has 0 aromatic heterocycles. The maximum atomic E-state index is 10.9. The van der Waals surface area contributed by atoms with Crippen LogP contribution >= 0.6 is 0 Å². The van der Waals surface area contributed by atoms with E-state index in [9.17, 15) is 9.90 Å². The second kappa shape index (κ2) is 8.48. The van der Waals surface area contributed by atoms with Gasteiger partial charge in [-0.2, -0.15) is 0 Å². The van der Waals surface area contributed by atoms with Crippen molar-refractivity contribution >= 4 is 5.78 Å². The van der Waals surface area contributed by atoms with Crippen molar-refractivity contribution in [1.82, 2.24) is 0 Å². The Morgan fingerprint density at radius 1 is 1.38 bits per heavy atom. The van der Waals surface area contributed by atoms with Crippen LogP contribution < -0.4 is 0 Å². The second-order valence-electron chi connectivity index (χ2n) is 4.02. The highest BCUT2D eigenvalue weighted by molar-refractivity contribution is 5.88. The molecule has 0 amide bonds. The Hall–Kier alpha value is -0.670. The lowest BCUT2D eigenvalue weighted by Gasteiger charge is -2.29. The third-order valence-corrected chi connectivity index (χ3v) is 3.03. The molecule has 3 nitrogen and oxygen atoms in total. The van der Waals surface area contributed by atoms with Gasteiger partial charge in [0.2, 0.25) is 0 Å². The number of aliphatic hydroxyl groups is 1. The van der Waals surface area contributed by atoms with Gasteiger partial charge in [0.05, 0.1) is 12.2 Å². The van der Waals surface area contributed by atoms with E-state index in [0.29, 0.717) is 13.0 Å². The molecule has 0 bridgehead atoms. The number of allylic oxidation sites excluding steroid dienone is 1. The summed E-state index contributed by atoms with van der Waals surface area (Å²) in [5.74, 6) is 0.0828. The normalized spacial score (nSPS) is 11.4. The number of hydrogen-bond donors (Lipinski definition) is 1. The lowest BCUT2D eigenvalue weighted by Crippen LogP contribution is -2.35. The summed E-state index contributed by atoms with van der Waals surface area (Å²) in [5, 5.41) is 9.27. The van der Waals surface area contributed by atoms with Gasteiger partial charge in [-0.3, -0.25) is 4.79 Å². The van der Waals surface area contributed by atoms with Crippen LogP contribution in [0, 0.1) is 0 Å². The number of aliphatic hydroxyl groups excluding tert-OH is 1. The molecule has 0 saturated heterocycles. The minimum Gasteiger partial charge on any atom is -0.393 e. The van der Waals surface area contributed by atoms with Crippen LogP contribution in [0.4, 0.5) is 0 Å².